The summed E-state index contributed by atoms with van der Waals surface area (Å²) in [5, 5.41) is 12.9. The summed E-state index contributed by atoms with van der Waals surface area (Å²) in [7, 11) is 0. The molecule has 0 aliphatic rings. The highest BCUT2D eigenvalue weighted by molar-refractivity contribution is 5.55. The zero-order valence-electron chi connectivity index (χ0n) is 8.92. The van der Waals surface area contributed by atoms with Gasteiger partial charge in [-0.25, -0.2) is 0 Å². The summed E-state index contributed by atoms with van der Waals surface area (Å²) in [6.07, 6.45) is 0. The molecule has 2 aromatic rings. The van der Waals surface area contributed by atoms with Gasteiger partial charge in [0.05, 0.1) is 12.6 Å². The molecule has 1 aromatic carbocycles. The third kappa shape index (κ3) is 2.10. The van der Waals surface area contributed by atoms with E-state index in [1.165, 1.54) is 0 Å². The van der Waals surface area contributed by atoms with E-state index in [0.29, 0.717) is 11.7 Å². The number of aliphatic hydroxyl groups is 1. The van der Waals surface area contributed by atoms with Crippen molar-refractivity contribution in [3.8, 4) is 11.4 Å². The summed E-state index contributed by atoms with van der Waals surface area (Å²) < 4.78 is 5.01. The van der Waals surface area contributed by atoms with Crippen molar-refractivity contribution in [3.63, 3.8) is 0 Å². The van der Waals surface area contributed by atoms with Gasteiger partial charge in [-0.15, -0.1) is 0 Å². The van der Waals surface area contributed by atoms with E-state index >= 15 is 0 Å². The van der Waals surface area contributed by atoms with Crippen molar-refractivity contribution < 1.29 is 9.63 Å². The van der Waals surface area contributed by atoms with E-state index < -0.39 is 0 Å². The highest BCUT2D eigenvalue weighted by Gasteiger charge is 2.11. The predicted octanol–water partition coefficient (Wildman–Crippen LogP) is 1.25. The number of aliphatic hydroxyl groups excluding tert-OH is 1. The van der Waals surface area contributed by atoms with E-state index in [0.717, 1.165) is 11.1 Å². The molecule has 0 aliphatic carbocycles. The molecule has 0 amide bonds. The lowest BCUT2D eigenvalue weighted by Gasteiger charge is -1.98. The fourth-order valence-electron chi connectivity index (χ4n) is 1.35. The number of benzene rings is 1. The molecule has 5 nitrogen and oxygen atoms in total. The Morgan fingerprint density at radius 1 is 1.50 bits per heavy atom. The summed E-state index contributed by atoms with van der Waals surface area (Å²) in [5.74, 6) is 0.895. The fraction of sp³-hybridized carbons (Fsp3) is 0.273. The largest absolute Gasteiger partial charge is 0.392 e. The van der Waals surface area contributed by atoms with Gasteiger partial charge in [-0.3, -0.25) is 0 Å². The van der Waals surface area contributed by atoms with Gasteiger partial charge in [-0.2, -0.15) is 4.98 Å². The Bertz CT molecular complexity index is 480. The topological polar surface area (TPSA) is 85.2 Å². The average molecular weight is 219 g/mol. The van der Waals surface area contributed by atoms with Crippen molar-refractivity contribution in [2.45, 2.75) is 19.6 Å². The van der Waals surface area contributed by atoms with Crippen LogP contribution < -0.4 is 5.73 Å². The van der Waals surface area contributed by atoms with Gasteiger partial charge in [-0.05, 0) is 18.6 Å². The molecule has 0 saturated carbocycles. The smallest absolute Gasteiger partial charge is 0.243 e. The molecule has 1 unspecified atom stereocenters. The zero-order chi connectivity index (χ0) is 11.5. The van der Waals surface area contributed by atoms with Gasteiger partial charge in [0.1, 0.15) is 0 Å². The van der Waals surface area contributed by atoms with E-state index in [1.54, 1.807) is 6.92 Å². The number of nitrogens with two attached hydrogens (primary N) is 1. The summed E-state index contributed by atoms with van der Waals surface area (Å²) in [5.41, 5.74) is 7.24. The fourth-order valence-corrected chi connectivity index (χ4v) is 1.35. The molecule has 1 atom stereocenters. The maximum Gasteiger partial charge on any atom is 0.243 e. The minimum absolute atomic E-state index is 0.00810. The Hall–Kier alpha value is -1.72. The van der Waals surface area contributed by atoms with E-state index in [4.69, 9.17) is 15.4 Å². The summed E-state index contributed by atoms with van der Waals surface area (Å²) in [4.78, 5) is 4.17. The molecular weight excluding hydrogens is 206 g/mol. The van der Waals surface area contributed by atoms with Crippen molar-refractivity contribution in [1.29, 1.82) is 0 Å². The number of nitrogens with zero attached hydrogens (tertiary/aromatic N) is 2. The quantitative estimate of drug-likeness (QED) is 0.811. The lowest BCUT2D eigenvalue weighted by molar-refractivity contribution is 0.282. The minimum atomic E-state index is -0.276. The second-order valence-electron chi connectivity index (χ2n) is 3.60. The molecule has 5 heteroatoms. The second-order valence-corrected chi connectivity index (χ2v) is 3.60. The lowest BCUT2D eigenvalue weighted by atomic mass is 10.1. The van der Waals surface area contributed by atoms with Crippen LogP contribution in [0.25, 0.3) is 11.4 Å². The van der Waals surface area contributed by atoms with Crippen molar-refractivity contribution in [3.05, 3.63) is 35.7 Å². The van der Waals surface area contributed by atoms with E-state index in [2.05, 4.69) is 10.1 Å². The van der Waals surface area contributed by atoms with E-state index in [9.17, 15) is 0 Å². The Morgan fingerprint density at radius 3 is 2.94 bits per heavy atom. The second kappa shape index (κ2) is 4.42. The molecule has 3 N–H and O–H groups in total. The molecule has 16 heavy (non-hydrogen) atoms. The van der Waals surface area contributed by atoms with Crippen LogP contribution in [0.5, 0.6) is 0 Å². The van der Waals surface area contributed by atoms with Gasteiger partial charge < -0.3 is 15.4 Å². The highest BCUT2D eigenvalue weighted by Crippen LogP contribution is 2.18. The maximum absolute atomic E-state index is 9.02. The molecule has 0 fully saturated rings. The van der Waals surface area contributed by atoms with Gasteiger partial charge in [0, 0.05) is 5.56 Å². The Morgan fingerprint density at radius 2 is 2.31 bits per heavy atom. The third-order valence-corrected chi connectivity index (χ3v) is 2.20. The molecular formula is C11H13N3O2. The van der Waals surface area contributed by atoms with Crippen molar-refractivity contribution in [2.75, 3.05) is 0 Å². The monoisotopic (exact) mass is 219 g/mol. The van der Waals surface area contributed by atoms with E-state index in [-0.39, 0.29) is 12.6 Å². The number of rotatable bonds is 3. The lowest BCUT2D eigenvalue weighted by Crippen LogP contribution is -2.04. The van der Waals surface area contributed by atoms with Crippen LogP contribution in [0.4, 0.5) is 0 Å². The molecule has 0 radical (unpaired) electrons. The summed E-state index contributed by atoms with van der Waals surface area (Å²) in [6, 6.07) is 7.06. The van der Waals surface area contributed by atoms with Crippen LogP contribution in [-0.2, 0) is 6.61 Å². The number of hydrogen-bond acceptors (Lipinski definition) is 5. The minimum Gasteiger partial charge on any atom is -0.392 e. The highest BCUT2D eigenvalue weighted by atomic mass is 16.5. The van der Waals surface area contributed by atoms with Crippen molar-refractivity contribution in [2.24, 2.45) is 5.73 Å². The van der Waals surface area contributed by atoms with Gasteiger partial charge in [-0.1, -0.05) is 23.4 Å². The molecule has 2 rings (SSSR count). The number of aromatic nitrogens is 2. The molecule has 0 aliphatic heterocycles. The molecule has 84 valence electrons. The Kier molecular flexibility index (Phi) is 2.98. The molecule has 0 spiro atoms. The summed E-state index contributed by atoms with van der Waals surface area (Å²) >= 11 is 0. The molecule has 1 aromatic heterocycles. The molecule has 1 heterocycles. The van der Waals surface area contributed by atoms with Gasteiger partial charge in [0.2, 0.25) is 11.7 Å². The van der Waals surface area contributed by atoms with Gasteiger partial charge in [0.25, 0.3) is 0 Å². The predicted molar refractivity (Wildman–Crippen MR) is 58.3 cm³/mol. The SMILES string of the molecule is CC(N)c1nc(-c2cccc(CO)c2)no1. The van der Waals surface area contributed by atoms with Crippen LogP contribution in [-0.4, -0.2) is 15.2 Å². The third-order valence-electron chi connectivity index (χ3n) is 2.20. The first-order valence-electron chi connectivity index (χ1n) is 5.00. The first-order valence-corrected chi connectivity index (χ1v) is 5.00. The van der Waals surface area contributed by atoms with Crippen LogP contribution in [0.2, 0.25) is 0 Å². The first-order chi connectivity index (χ1) is 7.70. The molecule has 0 bridgehead atoms. The normalized spacial score (nSPS) is 12.7. The van der Waals surface area contributed by atoms with E-state index in [1.807, 2.05) is 24.3 Å². The van der Waals surface area contributed by atoms with Crippen molar-refractivity contribution >= 4 is 0 Å². The van der Waals surface area contributed by atoms with Crippen LogP contribution in [0.1, 0.15) is 24.4 Å². The van der Waals surface area contributed by atoms with Gasteiger partial charge in [0.15, 0.2) is 0 Å². The van der Waals surface area contributed by atoms with Crippen LogP contribution >= 0.6 is 0 Å². The summed E-state index contributed by atoms with van der Waals surface area (Å²) in [6.45, 7) is 1.77. The maximum atomic E-state index is 9.02. The average Bonchev–Trinajstić information content (AvgIpc) is 2.78. The standard InChI is InChI=1S/C11H13N3O2/c1-7(12)11-13-10(14-16-11)9-4-2-3-8(5-9)6-15/h2-5,7,15H,6,12H2,1H3. The van der Waals surface area contributed by atoms with Crippen LogP contribution in [0, 0.1) is 0 Å². The number of hydrogen-bond donors (Lipinski definition) is 2. The van der Waals surface area contributed by atoms with Gasteiger partial charge >= 0.3 is 0 Å². The van der Waals surface area contributed by atoms with Crippen LogP contribution in [0.3, 0.4) is 0 Å². The molecule has 0 saturated heterocycles. The zero-order valence-corrected chi connectivity index (χ0v) is 8.92. The first kappa shape index (κ1) is 10.8. The Labute approximate surface area is 92.9 Å². The van der Waals surface area contributed by atoms with Crippen LogP contribution in [0.15, 0.2) is 28.8 Å². The Balaban J connectivity index is 2.34. The van der Waals surface area contributed by atoms with Crippen molar-refractivity contribution in [1.82, 2.24) is 10.1 Å².